The van der Waals surface area contributed by atoms with Crippen molar-refractivity contribution in [1.29, 1.82) is 0 Å². The van der Waals surface area contributed by atoms with E-state index in [1.54, 1.807) is 0 Å². The van der Waals surface area contributed by atoms with Crippen LogP contribution in [0.5, 0.6) is 0 Å². The largest absolute Gasteiger partial charge is 0.323 e. The second-order valence-corrected chi connectivity index (χ2v) is 3.39. The molecule has 0 aromatic carbocycles. The fraction of sp³-hybridized carbons (Fsp3) is 0.700. The molecule has 2 N–H and O–H groups in total. The lowest BCUT2D eigenvalue weighted by atomic mass is 10.1. The van der Waals surface area contributed by atoms with Gasteiger partial charge in [-0.05, 0) is 19.3 Å². The maximum Gasteiger partial charge on any atom is 0.323 e. The van der Waals surface area contributed by atoms with Crippen LogP contribution in [0.1, 0.15) is 44.5 Å². The number of aromatic nitrogens is 2. The summed E-state index contributed by atoms with van der Waals surface area (Å²) in [5, 5.41) is 0. The molecule has 0 bridgehead atoms. The molecule has 3 heteroatoms. The van der Waals surface area contributed by atoms with Crippen LogP contribution in [-0.2, 0) is 12.8 Å². The molecule has 0 saturated heterocycles. The molecular weight excluding hydrogens is 164 g/mol. The Hall–Kier alpha value is -0.990. The predicted octanol–water partition coefficient (Wildman–Crippen LogP) is 2.00. The zero-order valence-electron chi connectivity index (χ0n) is 8.44. The molecule has 74 valence electrons. The summed E-state index contributed by atoms with van der Waals surface area (Å²) in [6.07, 6.45) is 5.35. The minimum Gasteiger partial charge on any atom is -0.310 e. The van der Waals surface area contributed by atoms with Crippen molar-refractivity contribution in [3.8, 4) is 0 Å². The summed E-state index contributed by atoms with van der Waals surface area (Å²) in [5.41, 5.74) is 2.14. The Morgan fingerprint density at radius 2 is 1.62 bits per heavy atom. The smallest absolute Gasteiger partial charge is 0.310 e. The van der Waals surface area contributed by atoms with E-state index in [2.05, 4.69) is 23.8 Å². The summed E-state index contributed by atoms with van der Waals surface area (Å²) < 4.78 is 0. The van der Waals surface area contributed by atoms with Crippen LogP contribution in [-0.4, -0.2) is 9.97 Å². The number of H-pyrrole nitrogens is 2. The second kappa shape index (κ2) is 4.90. The quantitative estimate of drug-likeness (QED) is 0.719. The van der Waals surface area contributed by atoms with Crippen molar-refractivity contribution < 1.29 is 0 Å². The molecule has 0 fully saturated rings. The van der Waals surface area contributed by atoms with Gasteiger partial charge in [-0.25, -0.2) is 4.79 Å². The number of nitrogens with one attached hydrogen (secondary N) is 2. The molecule has 1 rings (SSSR count). The van der Waals surface area contributed by atoms with Gasteiger partial charge in [0.1, 0.15) is 0 Å². The Balaban J connectivity index is 2.72. The Morgan fingerprint density at radius 3 is 2.15 bits per heavy atom. The predicted molar refractivity (Wildman–Crippen MR) is 54.0 cm³/mol. The third-order valence-electron chi connectivity index (χ3n) is 2.17. The van der Waals surface area contributed by atoms with Crippen molar-refractivity contribution in [3.63, 3.8) is 0 Å². The van der Waals surface area contributed by atoms with E-state index in [0.29, 0.717) is 0 Å². The molecule has 3 nitrogen and oxygen atoms in total. The minimum absolute atomic E-state index is 0.0606. The summed E-state index contributed by atoms with van der Waals surface area (Å²) in [5.74, 6) is 0. The molecule has 0 aliphatic heterocycles. The fourth-order valence-corrected chi connectivity index (χ4v) is 1.49. The maximum absolute atomic E-state index is 11.0. The van der Waals surface area contributed by atoms with E-state index in [1.807, 2.05) is 0 Å². The van der Waals surface area contributed by atoms with Crippen molar-refractivity contribution in [3.05, 3.63) is 21.9 Å². The monoisotopic (exact) mass is 182 g/mol. The first-order valence-electron chi connectivity index (χ1n) is 5.08. The average Bonchev–Trinajstić information content (AvgIpc) is 2.44. The van der Waals surface area contributed by atoms with Crippen molar-refractivity contribution in [2.45, 2.75) is 46.0 Å². The Morgan fingerprint density at radius 1 is 1.00 bits per heavy atom. The standard InChI is InChI=1S/C10H18N2O/c1-3-5-7-9-8(6-4-2)11-10(13)12-9/h3-7H2,1-2H3,(H2,11,12,13). The van der Waals surface area contributed by atoms with E-state index >= 15 is 0 Å². The van der Waals surface area contributed by atoms with Crippen LogP contribution in [0, 0.1) is 0 Å². The van der Waals surface area contributed by atoms with Gasteiger partial charge in [0.15, 0.2) is 0 Å². The topological polar surface area (TPSA) is 48.6 Å². The lowest BCUT2D eigenvalue weighted by Gasteiger charge is -1.99. The highest BCUT2D eigenvalue weighted by atomic mass is 16.1. The third-order valence-corrected chi connectivity index (χ3v) is 2.17. The summed E-state index contributed by atoms with van der Waals surface area (Å²) in [4.78, 5) is 16.7. The molecule has 0 aliphatic carbocycles. The van der Waals surface area contributed by atoms with Crippen LogP contribution in [0.3, 0.4) is 0 Å². The van der Waals surface area contributed by atoms with Crippen LogP contribution >= 0.6 is 0 Å². The summed E-state index contributed by atoms with van der Waals surface area (Å²) in [6, 6.07) is 0. The number of hydrogen-bond donors (Lipinski definition) is 2. The summed E-state index contributed by atoms with van der Waals surface area (Å²) in [7, 11) is 0. The van der Waals surface area contributed by atoms with Gasteiger partial charge in [-0.1, -0.05) is 26.7 Å². The molecule has 0 unspecified atom stereocenters. The first kappa shape index (κ1) is 10.1. The third kappa shape index (κ3) is 2.76. The average molecular weight is 182 g/mol. The van der Waals surface area contributed by atoms with Crippen LogP contribution in [0.15, 0.2) is 4.79 Å². The van der Waals surface area contributed by atoms with E-state index < -0.39 is 0 Å². The molecule has 0 spiro atoms. The highest BCUT2D eigenvalue weighted by Crippen LogP contribution is 2.07. The van der Waals surface area contributed by atoms with E-state index in [9.17, 15) is 4.79 Å². The van der Waals surface area contributed by atoms with Crippen molar-refractivity contribution in [2.24, 2.45) is 0 Å². The van der Waals surface area contributed by atoms with Gasteiger partial charge in [0.2, 0.25) is 0 Å². The number of aryl methyl sites for hydroxylation is 2. The molecule has 0 atom stereocenters. The van der Waals surface area contributed by atoms with Crippen molar-refractivity contribution in [1.82, 2.24) is 9.97 Å². The van der Waals surface area contributed by atoms with Gasteiger partial charge in [0, 0.05) is 11.4 Å². The lowest BCUT2D eigenvalue weighted by molar-refractivity contribution is 0.763. The SMILES string of the molecule is CCCCc1[nH]c(=O)[nH]c1CCC. The van der Waals surface area contributed by atoms with Crippen LogP contribution in [0.25, 0.3) is 0 Å². The summed E-state index contributed by atoms with van der Waals surface area (Å²) >= 11 is 0. The second-order valence-electron chi connectivity index (χ2n) is 3.39. The molecule has 1 heterocycles. The molecule has 0 aliphatic rings. The molecular formula is C10H18N2O. The Labute approximate surface area is 78.6 Å². The van der Waals surface area contributed by atoms with Gasteiger partial charge in [-0.3, -0.25) is 0 Å². The number of hydrogen-bond acceptors (Lipinski definition) is 1. The summed E-state index contributed by atoms with van der Waals surface area (Å²) in [6.45, 7) is 4.28. The zero-order chi connectivity index (χ0) is 9.68. The van der Waals surface area contributed by atoms with Gasteiger partial charge in [-0.2, -0.15) is 0 Å². The Kier molecular flexibility index (Phi) is 3.80. The van der Waals surface area contributed by atoms with Gasteiger partial charge in [-0.15, -0.1) is 0 Å². The highest BCUT2D eigenvalue weighted by Gasteiger charge is 2.04. The van der Waals surface area contributed by atoms with Crippen LogP contribution in [0.2, 0.25) is 0 Å². The number of aromatic amines is 2. The maximum atomic E-state index is 11.0. The first-order chi connectivity index (χ1) is 6.27. The fourth-order valence-electron chi connectivity index (χ4n) is 1.49. The van der Waals surface area contributed by atoms with E-state index in [4.69, 9.17) is 0 Å². The Bertz CT molecular complexity index is 298. The van der Waals surface area contributed by atoms with Crippen LogP contribution < -0.4 is 5.69 Å². The first-order valence-corrected chi connectivity index (χ1v) is 5.08. The molecule has 0 radical (unpaired) electrons. The molecule has 1 aromatic heterocycles. The van der Waals surface area contributed by atoms with Crippen molar-refractivity contribution in [2.75, 3.05) is 0 Å². The zero-order valence-corrected chi connectivity index (χ0v) is 8.44. The van der Waals surface area contributed by atoms with Crippen molar-refractivity contribution >= 4 is 0 Å². The molecule has 0 amide bonds. The van der Waals surface area contributed by atoms with Gasteiger partial charge < -0.3 is 9.97 Å². The number of rotatable bonds is 5. The molecule has 1 aromatic rings. The molecule has 13 heavy (non-hydrogen) atoms. The lowest BCUT2D eigenvalue weighted by Crippen LogP contribution is -2.01. The highest BCUT2D eigenvalue weighted by molar-refractivity contribution is 5.11. The molecule has 0 saturated carbocycles. The van der Waals surface area contributed by atoms with Crippen LogP contribution in [0.4, 0.5) is 0 Å². The van der Waals surface area contributed by atoms with E-state index in [0.717, 1.165) is 37.1 Å². The van der Waals surface area contributed by atoms with Gasteiger partial charge in [0.05, 0.1) is 0 Å². The van der Waals surface area contributed by atoms with E-state index in [-0.39, 0.29) is 5.69 Å². The number of unbranched alkanes of at least 4 members (excludes halogenated alkanes) is 1. The van der Waals surface area contributed by atoms with E-state index in [1.165, 1.54) is 6.42 Å². The normalized spacial score (nSPS) is 10.6. The minimum atomic E-state index is -0.0606. The number of imidazole rings is 1. The van der Waals surface area contributed by atoms with Gasteiger partial charge >= 0.3 is 5.69 Å². The van der Waals surface area contributed by atoms with Gasteiger partial charge in [0.25, 0.3) is 0 Å².